The van der Waals surface area contributed by atoms with Crippen molar-refractivity contribution in [3.8, 4) is 11.5 Å². The van der Waals surface area contributed by atoms with E-state index in [1.807, 2.05) is 36.9 Å². The SMILES string of the molecule is CC(C)c1ccc2c(c1)C(C)(C)C1(C=Nc3c(ccc4ccncc34)O1)N2CCCCCCN1c2ccc(C(C)C)cc2C(C)(C)C12C=Nc1c(ccc3ccncc13)O2. The molecule has 0 N–H and O–H groups in total. The van der Waals surface area contributed by atoms with Crippen molar-refractivity contribution >= 4 is 56.7 Å². The number of fused-ring (bicyclic) bond motifs is 8. The monoisotopic (exact) mass is 796 g/mol. The summed E-state index contributed by atoms with van der Waals surface area (Å²) >= 11 is 0. The van der Waals surface area contributed by atoms with Gasteiger partial charge in [0.2, 0.25) is 11.4 Å². The molecule has 306 valence electrons. The third-order valence-corrected chi connectivity index (χ3v) is 14.2. The molecule has 4 aliphatic heterocycles. The van der Waals surface area contributed by atoms with Gasteiger partial charge in [-0.3, -0.25) is 20.0 Å². The standard InChI is InChI=1S/C52H56N6O2/c1-33(2)37-13-17-43-41(27-37)49(5,6)51(31-55-47-39-29-53-23-21-35(39)15-19-45(47)59-51)57(43)25-11-9-10-12-26-58-44-18-14-38(34(3)4)28-42(44)50(7,8)52(58)32-56-48-40-30-54-24-22-36(40)16-20-46(48)60-52/h13-24,27-34H,9-12,25-26H2,1-8H3. The lowest BCUT2D eigenvalue weighted by Gasteiger charge is -2.46. The molecule has 10 rings (SSSR count). The summed E-state index contributed by atoms with van der Waals surface area (Å²) in [6.07, 6.45) is 15.8. The first-order valence-corrected chi connectivity index (χ1v) is 21.9. The lowest BCUT2D eigenvalue weighted by atomic mass is 9.76. The van der Waals surface area contributed by atoms with E-state index in [1.54, 1.807) is 0 Å². The first-order chi connectivity index (χ1) is 28.9. The predicted octanol–water partition coefficient (Wildman–Crippen LogP) is 12.5. The summed E-state index contributed by atoms with van der Waals surface area (Å²) < 4.78 is 14.5. The Balaban J connectivity index is 0.910. The van der Waals surface area contributed by atoms with Crippen molar-refractivity contribution in [3.05, 3.63) is 120 Å². The molecule has 0 radical (unpaired) electrons. The molecule has 8 nitrogen and oxygen atoms in total. The Hall–Kier alpha value is -5.76. The highest BCUT2D eigenvalue weighted by Gasteiger charge is 2.61. The molecular weight excluding hydrogens is 741 g/mol. The lowest BCUT2D eigenvalue weighted by Crippen LogP contribution is -2.62. The van der Waals surface area contributed by atoms with Crippen LogP contribution in [0.1, 0.15) is 115 Å². The van der Waals surface area contributed by atoms with E-state index >= 15 is 0 Å². The van der Waals surface area contributed by atoms with E-state index in [4.69, 9.17) is 19.5 Å². The van der Waals surface area contributed by atoms with Crippen LogP contribution in [0.4, 0.5) is 22.7 Å². The van der Waals surface area contributed by atoms with Crippen molar-refractivity contribution in [2.24, 2.45) is 9.98 Å². The van der Waals surface area contributed by atoms with Crippen molar-refractivity contribution in [1.29, 1.82) is 0 Å². The maximum Gasteiger partial charge on any atom is 0.228 e. The van der Waals surface area contributed by atoms with Crippen molar-refractivity contribution in [2.75, 3.05) is 22.9 Å². The number of nitrogens with zero attached hydrogens (tertiary/aromatic N) is 6. The number of hydrogen-bond donors (Lipinski definition) is 0. The molecule has 6 heterocycles. The molecule has 60 heavy (non-hydrogen) atoms. The van der Waals surface area contributed by atoms with Gasteiger partial charge in [0.15, 0.2) is 0 Å². The first-order valence-electron chi connectivity index (χ1n) is 21.9. The van der Waals surface area contributed by atoms with Gasteiger partial charge in [0, 0.05) is 60.0 Å². The number of anilines is 2. The molecule has 0 aliphatic carbocycles. The van der Waals surface area contributed by atoms with Crippen molar-refractivity contribution in [2.45, 2.75) is 115 Å². The van der Waals surface area contributed by atoms with Gasteiger partial charge >= 0.3 is 0 Å². The van der Waals surface area contributed by atoms with Crippen LogP contribution in [0.2, 0.25) is 0 Å². The van der Waals surface area contributed by atoms with Gasteiger partial charge in [0.05, 0.1) is 23.3 Å². The van der Waals surface area contributed by atoms with Gasteiger partial charge in [-0.2, -0.15) is 0 Å². The average molecular weight is 797 g/mol. The van der Waals surface area contributed by atoms with Gasteiger partial charge < -0.3 is 19.3 Å². The minimum atomic E-state index is -0.769. The number of unbranched alkanes of at least 4 members (excludes halogenated alkanes) is 3. The van der Waals surface area contributed by atoms with E-state index in [9.17, 15) is 0 Å². The number of hydrogen-bond acceptors (Lipinski definition) is 8. The van der Waals surface area contributed by atoms with Gasteiger partial charge in [-0.1, -0.05) is 76.9 Å². The fraction of sp³-hybridized carbons (Fsp3) is 0.385. The van der Waals surface area contributed by atoms with E-state index in [2.05, 4.69) is 148 Å². The zero-order chi connectivity index (χ0) is 41.6. The molecule has 0 saturated carbocycles. The molecular formula is C52H56N6O2. The van der Waals surface area contributed by atoms with E-state index in [0.717, 1.165) is 83.2 Å². The zero-order valence-electron chi connectivity index (χ0n) is 36.3. The highest BCUT2D eigenvalue weighted by molar-refractivity contribution is 6.01. The highest BCUT2D eigenvalue weighted by Crippen LogP contribution is 2.57. The minimum absolute atomic E-state index is 0.360. The van der Waals surface area contributed by atoms with Crippen LogP contribution in [-0.2, 0) is 10.8 Å². The second-order valence-electron chi connectivity index (χ2n) is 19.0. The second-order valence-corrected chi connectivity index (χ2v) is 19.0. The van der Waals surface area contributed by atoms with Crippen LogP contribution in [-0.4, -0.2) is 46.9 Å². The van der Waals surface area contributed by atoms with Crippen LogP contribution in [0.3, 0.4) is 0 Å². The summed E-state index contributed by atoms with van der Waals surface area (Å²) in [5.41, 5.74) is 7.23. The highest BCUT2D eigenvalue weighted by atomic mass is 16.5. The maximum atomic E-state index is 7.25. The van der Waals surface area contributed by atoms with Crippen LogP contribution in [0, 0.1) is 0 Å². The Labute approximate surface area is 354 Å². The fourth-order valence-electron chi connectivity index (χ4n) is 10.4. The number of pyridine rings is 2. The van der Waals surface area contributed by atoms with Gasteiger partial charge in [-0.15, -0.1) is 0 Å². The zero-order valence-corrected chi connectivity index (χ0v) is 36.3. The van der Waals surface area contributed by atoms with Gasteiger partial charge in [-0.25, -0.2) is 0 Å². The lowest BCUT2D eigenvalue weighted by molar-refractivity contribution is 0.0767. The largest absolute Gasteiger partial charge is 0.459 e. The van der Waals surface area contributed by atoms with Crippen molar-refractivity contribution in [3.63, 3.8) is 0 Å². The van der Waals surface area contributed by atoms with E-state index in [-0.39, 0.29) is 10.8 Å². The molecule has 2 spiro atoms. The third kappa shape index (κ3) is 5.55. The topological polar surface area (TPSA) is 75.4 Å². The minimum Gasteiger partial charge on any atom is -0.459 e. The quantitative estimate of drug-likeness (QED) is 0.136. The molecule has 0 amide bonds. The molecule has 2 aromatic heterocycles. The summed E-state index contributed by atoms with van der Waals surface area (Å²) in [4.78, 5) is 24.2. The Morgan fingerprint density at radius 3 is 1.38 bits per heavy atom. The number of aromatic nitrogens is 2. The van der Waals surface area contributed by atoms with Crippen molar-refractivity contribution in [1.82, 2.24) is 9.97 Å². The van der Waals surface area contributed by atoms with Crippen LogP contribution >= 0.6 is 0 Å². The first kappa shape index (κ1) is 38.4. The van der Waals surface area contributed by atoms with Crippen LogP contribution in [0.5, 0.6) is 11.5 Å². The molecule has 4 aromatic carbocycles. The molecule has 0 fully saturated rings. The summed E-state index contributed by atoms with van der Waals surface area (Å²) in [7, 11) is 0. The normalized spacial score (nSPS) is 21.5. The molecule has 8 heteroatoms. The number of benzene rings is 4. The number of ether oxygens (including phenoxy) is 2. The Morgan fingerprint density at radius 1 is 0.533 bits per heavy atom. The maximum absolute atomic E-state index is 7.25. The summed E-state index contributed by atoms with van der Waals surface area (Å²) in [6, 6.07) is 26.5. The Kier molecular flexibility index (Phi) is 8.91. The van der Waals surface area contributed by atoms with Crippen LogP contribution < -0.4 is 19.3 Å². The van der Waals surface area contributed by atoms with Gasteiger partial charge in [-0.05, 0) is 122 Å². The molecule has 6 aromatic rings. The fourth-order valence-corrected chi connectivity index (χ4v) is 10.4. The van der Waals surface area contributed by atoms with E-state index in [0.29, 0.717) is 11.8 Å². The number of rotatable bonds is 9. The molecule has 0 bridgehead atoms. The predicted molar refractivity (Wildman–Crippen MR) is 247 cm³/mol. The summed E-state index contributed by atoms with van der Waals surface area (Å²) in [5, 5.41) is 4.24. The smallest absolute Gasteiger partial charge is 0.228 e. The summed E-state index contributed by atoms with van der Waals surface area (Å²) in [6.45, 7) is 20.0. The summed E-state index contributed by atoms with van der Waals surface area (Å²) in [5.74, 6) is 2.46. The third-order valence-electron chi connectivity index (χ3n) is 14.2. The van der Waals surface area contributed by atoms with E-state index in [1.165, 1.54) is 33.6 Å². The van der Waals surface area contributed by atoms with E-state index < -0.39 is 11.4 Å². The molecule has 0 saturated heterocycles. The number of aliphatic imine (C=N–C) groups is 2. The Bertz CT molecular complexity index is 2550. The average Bonchev–Trinajstić information content (AvgIpc) is 3.53. The molecule has 2 unspecified atom stereocenters. The van der Waals surface area contributed by atoms with Gasteiger partial charge in [0.25, 0.3) is 0 Å². The van der Waals surface area contributed by atoms with Crippen molar-refractivity contribution < 1.29 is 9.47 Å². The molecule has 4 aliphatic rings. The Morgan fingerprint density at radius 2 is 0.967 bits per heavy atom. The van der Waals surface area contributed by atoms with Crippen LogP contribution in [0.15, 0.2) is 108 Å². The second kappa shape index (κ2) is 13.9. The van der Waals surface area contributed by atoms with Crippen LogP contribution in [0.25, 0.3) is 21.5 Å². The molecule has 2 atom stereocenters. The van der Waals surface area contributed by atoms with Gasteiger partial charge in [0.1, 0.15) is 22.9 Å².